The monoisotopic (exact) mass is 372 g/mol. The van der Waals surface area contributed by atoms with Crippen LogP contribution >= 0.6 is 34.8 Å². The molecule has 0 fully saturated rings. The van der Waals surface area contributed by atoms with Crippen molar-refractivity contribution in [3.63, 3.8) is 0 Å². The smallest absolute Gasteiger partial charge is 0.0467 e. The molecule has 2 rings (SSSR count). The molecule has 0 aromatic heterocycles. The number of benzene rings is 2. The maximum atomic E-state index is 6.20. The molecule has 0 spiro atoms. The molecular weight excluding hydrogens is 351 g/mol. The summed E-state index contributed by atoms with van der Waals surface area (Å²) in [6, 6.07) is 9.57. The molecule has 5 heteroatoms. The minimum Gasteiger partial charge on any atom is -0.398 e. The predicted octanol–water partition coefficient (Wildman–Crippen LogP) is 6.65. The zero-order valence-electron chi connectivity index (χ0n) is 13.3. The molecule has 2 nitrogen and oxygen atoms in total. The lowest BCUT2D eigenvalue weighted by atomic mass is 9.99. The maximum absolute atomic E-state index is 6.20. The summed E-state index contributed by atoms with van der Waals surface area (Å²) < 4.78 is 0. The van der Waals surface area contributed by atoms with Gasteiger partial charge in [0.1, 0.15) is 0 Å². The molecule has 0 atom stereocenters. The first-order valence-corrected chi connectivity index (χ1v) is 8.60. The summed E-state index contributed by atoms with van der Waals surface area (Å²) in [7, 11) is 0. The summed E-state index contributed by atoms with van der Waals surface area (Å²) in [6.45, 7) is 2.11. The normalized spacial score (nSPS) is 10.4. The van der Waals surface area contributed by atoms with Gasteiger partial charge in [-0.2, -0.15) is 0 Å². The Morgan fingerprint density at radius 2 is 1.43 bits per heavy atom. The van der Waals surface area contributed by atoms with Gasteiger partial charge in [-0.05, 0) is 67.5 Å². The second-order valence-corrected chi connectivity index (χ2v) is 6.80. The van der Waals surface area contributed by atoms with Crippen LogP contribution in [0.15, 0.2) is 30.3 Å². The molecule has 2 aromatic carbocycles. The lowest BCUT2D eigenvalue weighted by molar-refractivity contribution is 0.678. The molecule has 5 N–H and O–H groups in total. The largest absolute Gasteiger partial charge is 0.398 e. The van der Waals surface area contributed by atoms with Crippen LogP contribution in [0.1, 0.15) is 36.0 Å². The van der Waals surface area contributed by atoms with Crippen molar-refractivity contribution in [1.29, 1.82) is 0 Å². The maximum Gasteiger partial charge on any atom is 0.0467 e. The SMILES string of the molecule is Cc1cccc(N)c1CCCCCc1c(Cl)cc(Cl)cc1Cl.N. The van der Waals surface area contributed by atoms with Crippen molar-refractivity contribution in [3.05, 3.63) is 62.1 Å². The zero-order valence-corrected chi connectivity index (χ0v) is 15.6. The van der Waals surface area contributed by atoms with E-state index >= 15 is 0 Å². The van der Waals surface area contributed by atoms with E-state index in [9.17, 15) is 0 Å². The van der Waals surface area contributed by atoms with Gasteiger partial charge in [-0.1, -0.05) is 53.4 Å². The zero-order chi connectivity index (χ0) is 16.1. The average Bonchev–Trinajstić information content (AvgIpc) is 2.43. The predicted molar refractivity (Wildman–Crippen MR) is 103 cm³/mol. The quantitative estimate of drug-likeness (QED) is 0.439. The van der Waals surface area contributed by atoms with E-state index in [-0.39, 0.29) is 6.15 Å². The minimum absolute atomic E-state index is 0. The molecule has 0 aliphatic rings. The average molecular weight is 374 g/mol. The van der Waals surface area contributed by atoms with Crippen LogP contribution in [0.2, 0.25) is 15.1 Å². The van der Waals surface area contributed by atoms with Crippen molar-refractivity contribution in [2.24, 2.45) is 0 Å². The van der Waals surface area contributed by atoms with Crippen molar-refractivity contribution in [2.45, 2.75) is 39.0 Å². The first-order valence-electron chi connectivity index (χ1n) is 7.46. The third-order valence-corrected chi connectivity index (χ3v) is 4.80. The lowest BCUT2D eigenvalue weighted by Gasteiger charge is -2.10. The highest BCUT2D eigenvalue weighted by Gasteiger charge is 2.08. The minimum atomic E-state index is 0. The molecule has 0 aliphatic carbocycles. The van der Waals surface area contributed by atoms with Crippen LogP contribution in [0.4, 0.5) is 5.69 Å². The van der Waals surface area contributed by atoms with E-state index in [0.29, 0.717) is 15.1 Å². The molecule has 23 heavy (non-hydrogen) atoms. The third-order valence-electron chi connectivity index (χ3n) is 3.91. The Morgan fingerprint density at radius 1 is 0.870 bits per heavy atom. The number of hydrogen-bond donors (Lipinski definition) is 2. The third kappa shape index (κ3) is 5.58. The Bertz CT molecular complexity index is 613. The van der Waals surface area contributed by atoms with Crippen molar-refractivity contribution in [3.8, 4) is 0 Å². The van der Waals surface area contributed by atoms with E-state index in [2.05, 4.69) is 13.0 Å². The Labute approximate surface area is 153 Å². The highest BCUT2D eigenvalue weighted by molar-refractivity contribution is 6.39. The Balaban J connectivity index is 0.00000264. The summed E-state index contributed by atoms with van der Waals surface area (Å²) in [4.78, 5) is 0. The van der Waals surface area contributed by atoms with Gasteiger partial charge in [0.2, 0.25) is 0 Å². The van der Waals surface area contributed by atoms with Gasteiger partial charge in [0.05, 0.1) is 0 Å². The molecule has 0 unspecified atom stereocenters. The number of rotatable bonds is 6. The fraction of sp³-hybridized carbons (Fsp3) is 0.333. The fourth-order valence-electron chi connectivity index (χ4n) is 2.66. The summed E-state index contributed by atoms with van der Waals surface area (Å²) >= 11 is 18.3. The summed E-state index contributed by atoms with van der Waals surface area (Å²) in [5.41, 5.74) is 10.5. The first-order chi connectivity index (χ1) is 10.5. The Morgan fingerprint density at radius 3 is 2.00 bits per heavy atom. The van der Waals surface area contributed by atoms with E-state index in [4.69, 9.17) is 40.5 Å². The van der Waals surface area contributed by atoms with E-state index < -0.39 is 0 Å². The van der Waals surface area contributed by atoms with Gasteiger partial charge in [-0.25, -0.2) is 0 Å². The van der Waals surface area contributed by atoms with E-state index in [1.807, 2.05) is 12.1 Å². The number of unbranched alkanes of at least 4 members (excludes halogenated alkanes) is 2. The molecule has 0 bridgehead atoms. The second-order valence-electron chi connectivity index (χ2n) is 5.55. The highest BCUT2D eigenvalue weighted by Crippen LogP contribution is 2.30. The molecule has 0 radical (unpaired) electrons. The van der Waals surface area contributed by atoms with Crippen molar-refractivity contribution < 1.29 is 0 Å². The number of anilines is 1. The van der Waals surface area contributed by atoms with Gasteiger partial charge < -0.3 is 11.9 Å². The van der Waals surface area contributed by atoms with Gasteiger partial charge in [0, 0.05) is 20.8 Å². The number of hydrogen-bond acceptors (Lipinski definition) is 2. The fourth-order valence-corrected chi connectivity index (χ4v) is 3.66. The van der Waals surface area contributed by atoms with Crippen LogP contribution in [-0.2, 0) is 12.8 Å². The number of nitrogen functional groups attached to an aromatic ring is 1. The van der Waals surface area contributed by atoms with Crippen molar-refractivity contribution in [2.75, 3.05) is 5.73 Å². The van der Waals surface area contributed by atoms with Crippen LogP contribution in [0.5, 0.6) is 0 Å². The number of nitrogens with two attached hydrogens (primary N) is 1. The lowest BCUT2D eigenvalue weighted by Crippen LogP contribution is -1.98. The van der Waals surface area contributed by atoms with Crippen LogP contribution in [0.25, 0.3) is 0 Å². The van der Waals surface area contributed by atoms with Gasteiger partial charge in [-0.3, -0.25) is 0 Å². The molecule has 0 amide bonds. The second kappa shape index (κ2) is 9.39. The topological polar surface area (TPSA) is 61.0 Å². The van der Waals surface area contributed by atoms with E-state index in [1.54, 1.807) is 12.1 Å². The summed E-state index contributed by atoms with van der Waals surface area (Å²) in [6.07, 6.45) is 5.16. The molecular formula is C18H23Cl3N2. The molecule has 0 saturated carbocycles. The molecule has 0 heterocycles. The first kappa shape index (κ1) is 20.1. The van der Waals surface area contributed by atoms with Gasteiger partial charge >= 0.3 is 0 Å². The Kier molecular flexibility index (Phi) is 8.21. The highest BCUT2D eigenvalue weighted by atomic mass is 35.5. The van der Waals surface area contributed by atoms with Gasteiger partial charge in [-0.15, -0.1) is 0 Å². The summed E-state index contributed by atoms with van der Waals surface area (Å²) in [5, 5.41) is 1.88. The van der Waals surface area contributed by atoms with Crippen LogP contribution in [0.3, 0.4) is 0 Å². The number of halogens is 3. The molecule has 0 saturated heterocycles. The van der Waals surface area contributed by atoms with Crippen LogP contribution in [0, 0.1) is 6.92 Å². The molecule has 2 aromatic rings. The molecule has 0 aliphatic heterocycles. The van der Waals surface area contributed by atoms with Crippen molar-refractivity contribution >= 4 is 40.5 Å². The number of aryl methyl sites for hydroxylation is 1. The molecule has 126 valence electrons. The standard InChI is InChI=1S/C18H20Cl3N.H3N/c1-12-6-5-9-18(22)14(12)7-3-2-4-8-15-16(20)10-13(19)11-17(15)21;/h5-6,9-11H,2-4,7-8,22H2,1H3;1H3. The Hall–Kier alpha value is -0.930. The summed E-state index contributed by atoms with van der Waals surface area (Å²) in [5.74, 6) is 0. The van der Waals surface area contributed by atoms with Crippen molar-refractivity contribution in [1.82, 2.24) is 6.15 Å². The van der Waals surface area contributed by atoms with Gasteiger partial charge in [0.15, 0.2) is 0 Å². The van der Waals surface area contributed by atoms with E-state index in [0.717, 1.165) is 43.4 Å². The van der Waals surface area contributed by atoms with Crippen LogP contribution < -0.4 is 11.9 Å². The van der Waals surface area contributed by atoms with Crippen LogP contribution in [-0.4, -0.2) is 0 Å². The van der Waals surface area contributed by atoms with E-state index in [1.165, 1.54) is 11.1 Å². The van der Waals surface area contributed by atoms with Gasteiger partial charge in [0.25, 0.3) is 0 Å².